The minimum Gasteiger partial charge on any atom is -0.443 e. The van der Waals surface area contributed by atoms with E-state index in [1.54, 1.807) is 0 Å². The van der Waals surface area contributed by atoms with Gasteiger partial charge >= 0.3 is 6.09 Å². The molecule has 13 heavy (non-hydrogen) atoms. The highest BCUT2D eigenvalue weighted by Crippen LogP contribution is 2.53. The molecular formula is C8H15ClN2O2. The first-order chi connectivity index (χ1) is 5.62. The molecule has 2 aliphatic carbocycles. The first kappa shape index (κ1) is 10.6. The van der Waals surface area contributed by atoms with Gasteiger partial charge in [-0.15, -0.1) is 12.4 Å². The number of nitrogens with two attached hydrogens (primary N) is 2. The minimum atomic E-state index is -0.645. The van der Waals surface area contributed by atoms with Crippen molar-refractivity contribution in [3.8, 4) is 0 Å². The Balaban J connectivity index is 0.000000845. The minimum absolute atomic E-state index is 0. The van der Waals surface area contributed by atoms with Crippen LogP contribution in [0.1, 0.15) is 25.7 Å². The molecule has 2 aliphatic rings. The molecular weight excluding hydrogens is 192 g/mol. The van der Waals surface area contributed by atoms with Crippen LogP contribution in [-0.2, 0) is 4.74 Å². The number of hydrogen-bond donors (Lipinski definition) is 2. The molecule has 2 saturated carbocycles. The summed E-state index contributed by atoms with van der Waals surface area (Å²) in [6.07, 6.45) is 3.24. The predicted octanol–water partition coefficient (Wildman–Crippen LogP) is 0.773. The summed E-state index contributed by atoms with van der Waals surface area (Å²) < 4.78 is 5.08. The summed E-state index contributed by atoms with van der Waals surface area (Å²) in [6, 6.07) is 0.309. The maximum atomic E-state index is 10.5. The van der Waals surface area contributed by atoms with E-state index >= 15 is 0 Å². The molecule has 0 aliphatic heterocycles. The van der Waals surface area contributed by atoms with Crippen molar-refractivity contribution in [1.82, 2.24) is 0 Å². The SMILES string of the molecule is Cl.NC(=O)OC1(C2CC(N)C2)CC1. The smallest absolute Gasteiger partial charge is 0.405 e. The largest absolute Gasteiger partial charge is 0.443 e. The number of carbonyl (C=O) groups is 1. The number of carbonyl (C=O) groups excluding carboxylic acids is 1. The van der Waals surface area contributed by atoms with Crippen LogP contribution in [0.25, 0.3) is 0 Å². The van der Waals surface area contributed by atoms with E-state index in [4.69, 9.17) is 16.2 Å². The van der Waals surface area contributed by atoms with Crippen LogP contribution in [0.5, 0.6) is 0 Å². The van der Waals surface area contributed by atoms with Crippen molar-refractivity contribution in [2.45, 2.75) is 37.3 Å². The average molecular weight is 207 g/mol. The van der Waals surface area contributed by atoms with Crippen LogP contribution in [-0.4, -0.2) is 17.7 Å². The van der Waals surface area contributed by atoms with Crippen LogP contribution in [0.3, 0.4) is 0 Å². The third kappa shape index (κ3) is 1.89. The Labute approximate surface area is 83.4 Å². The lowest BCUT2D eigenvalue weighted by atomic mass is 9.75. The van der Waals surface area contributed by atoms with Crippen molar-refractivity contribution < 1.29 is 9.53 Å². The van der Waals surface area contributed by atoms with E-state index in [1.807, 2.05) is 0 Å². The Hall–Kier alpha value is -0.480. The molecule has 2 fully saturated rings. The van der Waals surface area contributed by atoms with Gasteiger partial charge < -0.3 is 16.2 Å². The monoisotopic (exact) mass is 206 g/mol. The van der Waals surface area contributed by atoms with Gasteiger partial charge in [0.25, 0.3) is 0 Å². The normalized spacial score (nSPS) is 33.9. The Kier molecular flexibility index (Phi) is 2.73. The summed E-state index contributed by atoms with van der Waals surface area (Å²) in [4.78, 5) is 10.5. The zero-order valence-electron chi connectivity index (χ0n) is 7.36. The molecule has 0 aromatic rings. The Morgan fingerprint density at radius 3 is 2.23 bits per heavy atom. The van der Waals surface area contributed by atoms with E-state index in [0.29, 0.717) is 12.0 Å². The topological polar surface area (TPSA) is 78.3 Å². The maximum Gasteiger partial charge on any atom is 0.405 e. The summed E-state index contributed by atoms with van der Waals surface area (Å²) in [7, 11) is 0. The number of halogens is 1. The quantitative estimate of drug-likeness (QED) is 0.701. The molecule has 76 valence electrons. The van der Waals surface area contributed by atoms with E-state index in [0.717, 1.165) is 25.7 Å². The van der Waals surface area contributed by atoms with E-state index < -0.39 is 6.09 Å². The number of rotatable bonds is 2. The van der Waals surface area contributed by atoms with Crippen molar-refractivity contribution in [3.05, 3.63) is 0 Å². The zero-order valence-corrected chi connectivity index (χ0v) is 8.18. The summed E-state index contributed by atoms with van der Waals surface area (Å²) in [5.74, 6) is 0.472. The van der Waals surface area contributed by atoms with E-state index in [-0.39, 0.29) is 18.0 Å². The van der Waals surface area contributed by atoms with Crippen molar-refractivity contribution >= 4 is 18.5 Å². The Morgan fingerprint density at radius 2 is 1.92 bits per heavy atom. The zero-order chi connectivity index (χ0) is 8.77. The van der Waals surface area contributed by atoms with Gasteiger partial charge in [-0.2, -0.15) is 0 Å². The number of amides is 1. The van der Waals surface area contributed by atoms with Crippen molar-refractivity contribution in [2.75, 3.05) is 0 Å². The standard InChI is InChI=1S/C8H14N2O2.ClH/c9-6-3-5(4-6)8(1-2-8)12-7(10)11;/h5-6H,1-4,9H2,(H2,10,11);1H. The second kappa shape index (κ2) is 3.35. The second-order valence-electron chi connectivity index (χ2n) is 3.91. The molecule has 0 spiro atoms. The summed E-state index contributed by atoms with van der Waals surface area (Å²) in [6.45, 7) is 0. The number of ether oxygens (including phenoxy) is 1. The molecule has 0 atom stereocenters. The highest BCUT2D eigenvalue weighted by Gasteiger charge is 2.56. The van der Waals surface area contributed by atoms with Gasteiger partial charge in [-0.1, -0.05) is 0 Å². The van der Waals surface area contributed by atoms with Crippen LogP contribution in [0.4, 0.5) is 4.79 Å². The lowest BCUT2D eigenvalue weighted by Gasteiger charge is -2.38. The fraction of sp³-hybridized carbons (Fsp3) is 0.875. The van der Waals surface area contributed by atoms with E-state index in [1.165, 1.54) is 0 Å². The molecule has 0 saturated heterocycles. The van der Waals surface area contributed by atoms with Gasteiger partial charge in [-0.05, 0) is 25.7 Å². The third-order valence-electron chi connectivity index (χ3n) is 2.97. The Morgan fingerprint density at radius 1 is 1.38 bits per heavy atom. The highest BCUT2D eigenvalue weighted by molar-refractivity contribution is 5.85. The molecule has 1 amide bonds. The van der Waals surface area contributed by atoms with Crippen molar-refractivity contribution in [2.24, 2.45) is 17.4 Å². The highest BCUT2D eigenvalue weighted by atomic mass is 35.5. The van der Waals surface area contributed by atoms with Crippen molar-refractivity contribution in [1.29, 1.82) is 0 Å². The molecule has 5 heteroatoms. The van der Waals surface area contributed by atoms with Gasteiger partial charge in [0, 0.05) is 12.0 Å². The van der Waals surface area contributed by atoms with Gasteiger partial charge in [0.05, 0.1) is 0 Å². The van der Waals surface area contributed by atoms with Gasteiger partial charge in [0.2, 0.25) is 0 Å². The third-order valence-corrected chi connectivity index (χ3v) is 2.97. The first-order valence-corrected chi connectivity index (χ1v) is 4.36. The summed E-state index contributed by atoms with van der Waals surface area (Å²) in [5, 5.41) is 0. The predicted molar refractivity (Wildman–Crippen MR) is 50.6 cm³/mol. The number of primary amides is 1. The van der Waals surface area contributed by atoms with Crippen LogP contribution < -0.4 is 11.5 Å². The van der Waals surface area contributed by atoms with Crippen LogP contribution in [0.2, 0.25) is 0 Å². The average Bonchev–Trinajstić information content (AvgIpc) is 2.61. The van der Waals surface area contributed by atoms with Gasteiger partial charge in [0.1, 0.15) is 5.60 Å². The molecule has 0 heterocycles. The maximum absolute atomic E-state index is 10.5. The lowest BCUT2D eigenvalue weighted by molar-refractivity contribution is 0.0110. The van der Waals surface area contributed by atoms with Gasteiger partial charge in [-0.3, -0.25) is 0 Å². The molecule has 0 radical (unpaired) electrons. The Bertz CT molecular complexity index is 212. The van der Waals surface area contributed by atoms with Crippen LogP contribution >= 0.6 is 12.4 Å². The van der Waals surface area contributed by atoms with Gasteiger partial charge in [-0.25, -0.2) is 4.79 Å². The van der Waals surface area contributed by atoms with Crippen LogP contribution in [0, 0.1) is 5.92 Å². The molecule has 0 unspecified atom stereocenters. The molecule has 4 N–H and O–H groups in total. The second-order valence-corrected chi connectivity index (χ2v) is 3.91. The first-order valence-electron chi connectivity index (χ1n) is 4.36. The summed E-state index contributed by atoms with van der Waals surface area (Å²) in [5.41, 5.74) is 10.4. The van der Waals surface area contributed by atoms with Crippen LogP contribution in [0.15, 0.2) is 0 Å². The van der Waals surface area contributed by atoms with E-state index in [9.17, 15) is 4.79 Å². The fourth-order valence-corrected chi connectivity index (χ4v) is 2.01. The molecule has 0 aromatic heterocycles. The number of hydrogen-bond acceptors (Lipinski definition) is 3. The van der Waals surface area contributed by atoms with E-state index in [2.05, 4.69) is 0 Å². The molecule has 2 rings (SSSR count). The summed E-state index contributed by atoms with van der Waals surface area (Å²) >= 11 is 0. The fourth-order valence-electron chi connectivity index (χ4n) is 2.01. The van der Waals surface area contributed by atoms with Gasteiger partial charge in [0.15, 0.2) is 0 Å². The molecule has 4 nitrogen and oxygen atoms in total. The lowest BCUT2D eigenvalue weighted by Crippen LogP contribution is -2.45. The molecule has 0 bridgehead atoms. The molecule has 0 aromatic carbocycles. The van der Waals surface area contributed by atoms with Crippen molar-refractivity contribution in [3.63, 3.8) is 0 Å².